The van der Waals surface area contributed by atoms with Crippen molar-refractivity contribution in [3.05, 3.63) is 12.3 Å². The molecule has 1 nitrogen and oxygen atoms in total. The van der Waals surface area contributed by atoms with Gasteiger partial charge in [-0.25, -0.2) is 0 Å². The normalized spacial score (nSPS) is 8.88. The Hall–Kier alpha value is -0.460. The molecule has 0 bridgehead atoms. The van der Waals surface area contributed by atoms with Gasteiger partial charge in [0.05, 0.1) is 0 Å². The Labute approximate surface area is 52.0 Å². The van der Waals surface area contributed by atoms with Crippen molar-refractivity contribution >= 4 is 0 Å². The summed E-state index contributed by atoms with van der Waals surface area (Å²) in [6.45, 7) is 9.18. The highest BCUT2D eigenvalue weighted by Crippen LogP contribution is 2.00. The third-order valence-electron chi connectivity index (χ3n) is 1.42. The summed E-state index contributed by atoms with van der Waals surface area (Å²) in [5.41, 5.74) is 1.22. The van der Waals surface area contributed by atoms with E-state index in [1.165, 1.54) is 5.70 Å². The monoisotopic (exact) mass is 113 g/mol. The molecular weight excluding hydrogens is 98.1 g/mol. The molecule has 0 unspecified atom stereocenters. The van der Waals surface area contributed by atoms with Crippen LogP contribution in [-0.4, -0.2) is 18.5 Å². The third kappa shape index (κ3) is 2.01. The van der Waals surface area contributed by atoms with E-state index in [0.29, 0.717) is 0 Å². The van der Waals surface area contributed by atoms with Crippen LogP contribution in [0.3, 0.4) is 0 Å². The van der Waals surface area contributed by atoms with Gasteiger partial charge in [0, 0.05) is 19.3 Å². The molecule has 0 saturated heterocycles. The quantitative estimate of drug-likeness (QED) is 0.540. The fraction of sp³-hybridized carbons (Fsp3) is 0.714. The summed E-state index contributed by atoms with van der Waals surface area (Å²) in [5, 5.41) is 0. The SMILES string of the molecule is C=C(CC)N(C)CC. The van der Waals surface area contributed by atoms with Gasteiger partial charge in [0.25, 0.3) is 0 Å². The van der Waals surface area contributed by atoms with Gasteiger partial charge in [0.15, 0.2) is 0 Å². The average Bonchev–Trinajstić information content (AvgIpc) is 1.84. The smallest absolute Gasteiger partial charge is 0.0143 e. The fourth-order valence-corrected chi connectivity index (χ4v) is 0.494. The van der Waals surface area contributed by atoms with Crippen LogP contribution in [-0.2, 0) is 0 Å². The molecule has 0 aromatic carbocycles. The maximum absolute atomic E-state index is 3.87. The molecule has 0 aliphatic carbocycles. The van der Waals surface area contributed by atoms with Gasteiger partial charge in [-0.1, -0.05) is 13.5 Å². The van der Waals surface area contributed by atoms with Crippen LogP contribution in [0.15, 0.2) is 12.3 Å². The first kappa shape index (κ1) is 7.54. The summed E-state index contributed by atoms with van der Waals surface area (Å²) in [5.74, 6) is 0. The molecule has 48 valence electrons. The second-order valence-corrected chi connectivity index (χ2v) is 1.93. The molecule has 0 aliphatic heterocycles. The summed E-state index contributed by atoms with van der Waals surface area (Å²) in [7, 11) is 2.06. The van der Waals surface area contributed by atoms with Gasteiger partial charge in [-0.2, -0.15) is 0 Å². The first-order valence-electron chi connectivity index (χ1n) is 3.11. The Morgan fingerprint density at radius 1 is 1.50 bits per heavy atom. The molecule has 0 aromatic rings. The molecular formula is C7H15N. The molecule has 0 rings (SSSR count). The van der Waals surface area contributed by atoms with Crippen LogP contribution in [0.4, 0.5) is 0 Å². The molecule has 0 amide bonds. The Kier molecular flexibility index (Phi) is 3.33. The maximum Gasteiger partial charge on any atom is 0.0143 e. The van der Waals surface area contributed by atoms with Crippen LogP contribution >= 0.6 is 0 Å². The Morgan fingerprint density at radius 2 is 2.00 bits per heavy atom. The molecule has 0 saturated carbocycles. The van der Waals surface area contributed by atoms with E-state index in [2.05, 4.69) is 32.4 Å². The molecule has 1 heteroatoms. The summed E-state index contributed by atoms with van der Waals surface area (Å²) in [4.78, 5) is 2.15. The van der Waals surface area contributed by atoms with E-state index in [9.17, 15) is 0 Å². The topological polar surface area (TPSA) is 3.24 Å². The zero-order valence-corrected chi connectivity index (χ0v) is 6.07. The van der Waals surface area contributed by atoms with Crippen LogP contribution in [0.25, 0.3) is 0 Å². The van der Waals surface area contributed by atoms with E-state index in [-0.39, 0.29) is 0 Å². The van der Waals surface area contributed by atoms with Crippen LogP contribution in [0, 0.1) is 0 Å². The van der Waals surface area contributed by atoms with Gasteiger partial charge in [-0.3, -0.25) is 0 Å². The zero-order chi connectivity index (χ0) is 6.57. The Balaban J connectivity index is 3.46. The molecule has 0 N–H and O–H groups in total. The lowest BCUT2D eigenvalue weighted by Crippen LogP contribution is -2.14. The van der Waals surface area contributed by atoms with E-state index in [0.717, 1.165) is 13.0 Å². The second kappa shape index (κ2) is 3.53. The van der Waals surface area contributed by atoms with Crippen molar-refractivity contribution in [2.24, 2.45) is 0 Å². The van der Waals surface area contributed by atoms with E-state index in [4.69, 9.17) is 0 Å². The number of nitrogens with zero attached hydrogens (tertiary/aromatic N) is 1. The van der Waals surface area contributed by atoms with Crippen molar-refractivity contribution in [3.63, 3.8) is 0 Å². The predicted molar refractivity (Wildman–Crippen MR) is 37.7 cm³/mol. The summed E-state index contributed by atoms with van der Waals surface area (Å²) < 4.78 is 0. The van der Waals surface area contributed by atoms with E-state index in [1.807, 2.05) is 0 Å². The standard InChI is InChI=1S/C7H15N/c1-5-7(3)8(4)6-2/h3,5-6H2,1-2,4H3. The number of allylic oxidation sites excluding steroid dienone is 1. The lowest BCUT2D eigenvalue weighted by Gasteiger charge is -2.17. The van der Waals surface area contributed by atoms with Gasteiger partial charge in [-0.15, -0.1) is 0 Å². The molecule has 0 spiro atoms. The molecule has 0 aromatic heterocycles. The maximum atomic E-state index is 3.87. The van der Waals surface area contributed by atoms with Crippen molar-refractivity contribution in [2.75, 3.05) is 13.6 Å². The van der Waals surface area contributed by atoms with Crippen molar-refractivity contribution < 1.29 is 0 Å². The van der Waals surface area contributed by atoms with E-state index < -0.39 is 0 Å². The van der Waals surface area contributed by atoms with Gasteiger partial charge in [0.1, 0.15) is 0 Å². The van der Waals surface area contributed by atoms with Crippen molar-refractivity contribution in [3.8, 4) is 0 Å². The Morgan fingerprint density at radius 3 is 2.12 bits per heavy atom. The number of hydrogen-bond acceptors (Lipinski definition) is 1. The molecule has 0 fully saturated rings. The van der Waals surface area contributed by atoms with Gasteiger partial charge >= 0.3 is 0 Å². The van der Waals surface area contributed by atoms with E-state index in [1.54, 1.807) is 0 Å². The second-order valence-electron chi connectivity index (χ2n) is 1.93. The molecule has 0 radical (unpaired) electrons. The molecule has 8 heavy (non-hydrogen) atoms. The lowest BCUT2D eigenvalue weighted by molar-refractivity contribution is 0.430. The van der Waals surface area contributed by atoms with Crippen molar-refractivity contribution in [1.82, 2.24) is 4.90 Å². The van der Waals surface area contributed by atoms with Crippen LogP contribution in [0.1, 0.15) is 20.3 Å². The Bertz CT molecular complexity index is 76.5. The van der Waals surface area contributed by atoms with Crippen LogP contribution < -0.4 is 0 Å². The fourth-order valence-electron chi connectivity index (χ4n) is 0.494. The van der Waals surface area contributed by atoms with Crippen LogP contribution in [0.2, 0.25) is 0 Å². The minimum absolute atomic E-state index is 1.06. The van der Waals surface area contributed by atoms with Gasteiger partial charge in [-0.05, 0) is 13.3 Å². The summed E-state index contributed by atoms with van der Waals surface area (Å²) in [6, 6.07) is 0. The summed E-state index contributed by atoms with van der Waals surface area (Å²) in [6.07, 6.45) is 1.06. The zero-order valence-electron chi connectivity index (χ0n) is 6.07. The molecule has 0 heterocycles. The minimum atomic E-state index is 1.06. The average molecular weight is 113 g/mol. The first-order chi connectivity index (χ1) is 3.72. The molecule has 0 aliphatic rings. The van der Waals surface area contributed by atoms with Crippen LogP contribution in [0.5, 0.6) is 0 Å². The van der Waals surface area contributed by atoms with E-state index >= 15 is 0 Å². The highest BCUT2D eigenvalue weighted by Gasteiger charge is 1.92. The molecule has 0 atom stereocenters. The summed E-state index contributed by atoms with van der Waals surface area (Å²) >= 11 is 0. The minimum Gasteiger partial charge on any atom is -0.379 e. The largest absolute Gasteiger partial charge is 0.379 e. The highest BCUT2D eigenvalue weighted by molar-refractivity contribution is 4.89. The number of hydrogen-bond donors (Lipinski definition) is 0. The van der Waals surface area contributed by atoms with Gasteiger partial charge in [0.2, 0.25) is 0 Å². The number of rotatable bonds is 3. The van der Waals surface area contributed by atoms with Crippen molar-refractivity contribution in [2.45, 2.75) is 20.3 Å². The predicted octanol–water partition coefficient (Wildman–Crippen LogP) is 1.86. The first-order valence-corrected chi connectivity index (χ1v) is 3.11. The lowest BCUT2D eigenvalue weighted by atomic mass is 10.3. The highest BCUT2D eigenvalue weighted by atomic mass is 15.1. The third-order valence-corrected chi connectivity index (χ3v) is 1.42. The van der Waals surface area contributed by atoms with Crippen molar-refractivity contribution in [1.29, 1.82) is 0 Å². The van der Waals surface area contributed by atoms with Gasteiger partial charge < -0.3 is 4.90 Å².